The van der Waals surface area contributed by atoms with Crippen molar-refractivity contribution in [2.24, 2.45) is 0 Å². The summed E-state index contributed by atoms with van der Waals surface area (Å²) in [4.78, 5) is 0. The van der Waals surface area contributed by atoms with Crippen LogP contribution in [-0.4, -0.2) is 6.54 Å². The van der Waals surface area contributed by atoms with E-state index in [4.69, 9.17) is 0 Å². The minimum Gasteiger partial charge on any atom is -0.307 e. The van der Waals surface area contributed by atoms with Crippen LogP contribution in [0, 0.1) is 0 Å². The molecule has 1 aromatic carbocycles. The molecule has 0 saturated heterocycles. The molecular formula is C15H18BrNS. The normalized spacial score (nSPS) is 12.6. The maximum Gasteiger partial charge on any atom is 0.0701 e. The van der Waals surface area contributed by atoms with E-state index >= 15 is 0 Å². The second-order valence-corrected chi connectivity index (χ2v) is 6.56. The highest BCUT2D eigenvalue weighted by molar-refractivity contribution is 9.11. The summed E-state index contributed by atoms with van der Waals surface area (Å²) in [5.74, 6) is 0. The Morgan fingerprint density at radius 1 is 1.17 bits per heavy atom. The Hall–Kier alpha value is -0.640. The standard InChI is InChI=1S/C15H18BrNS/c1-3-11-5-7-12(8-6-11)15(17-4-2)13-9-14(16)18-10-13/h5-10,15,17H,3-4H2,1-2H3. The number of halogens is 1. The largest absolute Gasteiger partial charge is 0.307 e. The van der Waals surface area contributed by atoms with E-state index in [9.17, 15) is 0 Å². The molecule has 3 heteroatoms. The highest BCUT2D eigenvalue weighted by Gasteiger charge is 2.14. The summed E-state index contributed by atoms with van der Waals surface area (Å²) in [6.07, 6.45) is 1.09. The van der Waals surface area contributed by atoms with Crippen molar-refractivity contribution in [2.45, 2.75) is 26.3 Å². The van der Waals surface area contributed by atoms with Gasteiger partial charge in [0.05, 0.1) is 9.83 Å². The molecular weight excluding hydrogens is 306 g/mol. The monoisotopic (exact) mass is 323 g/mol. The molecule has 0 bridgehead atoms. The predicted octanol–water partition coefficient (Wildman–Crippen LogP) is 4.77. The summed E-state index contributed by atoms with van der Waals surface area (Å²) in [7, 11) is 0. The Morgan fingerprint density at radius 3 is 2.39 bits per heavy atom. The van der Waals surface area contributed by atoms with Crippen LogP contribution in [0.5, 0.6) is 0 Å². The summed E-state index contributed by atoms with van der Waals surface area (Å²) in [5.41, 5.74) is 4.05. The Labute approximate surface area is 121 Å². The molecule has 1 N–H and O–H groups in total. The van der Waals surface area contributed by atoms with Crippen molar-refractivity contribution in [3.05, 3.63) is 56.2 Å². The van der Waals surface area contributed by atoms with Gasteiger partial charge in [-0.3, -0.25) is 0 Å². The average Bonchev–Trinajstić information content (AvgIpc) is 2.82. The Morgan fingerprint density at radius 2 is 1.89 bits per heavy atom. The molecule has 0 aliphatic carbocycles. The number of nitrogens with one attached hydrogen (secondary N) is 1. The van der Waals surface area contributed by atoms with Gasteiger partial charge >= 0.3 is 0 Å². The van der Waals surface area contributed by atoms with Gasteiger partial charge in [-0.05, 0) is 57.0 Å². The maximum absolute atomic E-state index is 3.55. The van der Waals surface area contributed by atoms with Gasteiger partial charge in [0.25, 0.3) is 0 Å². The lowest BCUT2D eigenvalue weighted by Crippen LogP contribution is -2.21. The Kier molecular flexibility index (Phi) is 4.98. The van der Waals surface area contributed by atoms with Crippen molar-refractivity contribution < 1.29 is 0 Å². The zero-order valence-electron chi connectivity index (χ0n) is 10.7. The van der Waals surface area contributed by atoms with Gasteiger partial charge in [-0.1, -0.05) is 38.1 Å². The lowest BCUT2D eigenvalue weighted by molar-refractivity contribution is 0.632. The molecule has 0 amide bonds. The second-order valence-electron chi connectivity index (χ2n) is 4.27. The number of hydrogen-bond acceptors (Lipinski definition) is 2. The van der Waals surface area contributed by atoms with Crippen LogP contribution in [-0.2, 0) is 6.42 Å². The first-order chi connectivity index (χ1) is 8.74. The lowest BCUT2D eigenvalue weighted by atomic mass is 9.99. The minimum atomic E-state index is 0.295. The van der Waals surface area contributed by atoms with E-state index in [1.54, 1.807) is 11.3 Å². The fraction of sp³-hybridized carbons (Fsp3) is 0.333. The van der Waals surface area contributed by atoms with Crippen LogP contribution in [0.1, 0.15) is 36.6 Å². The molecule has 1 nitrogen and oxygen atoms in total. The molecule has 1 heterocycles. The van der Waals surface area contributed by atoms with Crippen molar-refractivity contribution in [3.63, 3.8) is 0 Å². The number of hydrogen-bond donors (Lipinski definition) is 1. The topological polar surface area (TPSA) is 12.0 Å². The fourth-order valence-corrected chi connectivity index (χ4v) is 3.25. The molecule has 0 spiro atoms. The minimum absolute atomic E-state index is 0.295. The molecule has 0 aliphatic heterocycles. The Bertz CT molecular complexity index is 489. The first kappa shape index (κ1) is 13.8. The van der Waals surface area contributed by atoms with E-state index in [1.807, 2.05) is 0 Å². The molecule has 18 heavy (non-hydrogen) atoms. The smallest absolute Gasteiger partial charge is 0.0701 e. The predicted molar refractivity (Wildman–Crippen MR) is 83.4 cm³/mol. The van der Waals surface area contributed by atoms with Crippen molar-refractivity contribution in [2.75, 3.05) is 6.54 Å². The molecule has 0 radical (unpaired) electrons. The number of thiophene rings is 1. The van der Waals surface area contributed by atoms with Gasteiger partial charge in [-0.15, -0.1) is 11.3 Å². The van der Waals surface area contributed by atoms with Crippen molar-refractivity contribution >= 4 is 27.3 Å². The van der Waals surface area contributed by atoms with Crippen molar-refractivity contribution in [3.8, 4) is 0 Å². The van der Waals surface area contributed by atoms with E-state index in [0.717, 1.165) is 13.0 Å². The zero-order valence-corrected chi connectivity index (χ0v) is 13.1. The van der Waals surface area contributed by atoms with E-state index in [0.29, 0.717) is 6.04 Å². The van der Waals surface area contributed by atoms with Gasteiger partial charge in [-0.25, -0.2) is 0 Å². The molecule has 1 atom stereocenters. The second kappa shape index (κ2) is 6.50. The summed E-state index contributed by atoms with van der Waals surface area (Å²) < 4.78 is 1.19. The van der Waals surface area contributed by atoms with Crippen LogP contribution in [0.25, 0.3) is 0 Å². The SMILES string of the molecule is CCNC(c1ccc(CC)cc1)c1csc(Br)c1. The van der Waals surface area contributed by atoms with E-state index < -0.39 is 0 Å². The maximum atomic E-state index is 3.55. The summed E-state index contributed by atoms with van der Waals surface area (Å²) >= 11 is 5.28. The summed E-state index contributed by atoms with van der Waals surface area (Å²) in [6, 6.07) is 11.4. The number of aryl methyl sites for hydroxylation is 1. The van der Waals surface area contributed by atoms with Gasteiger partial charge in [0.15, 0.2) is 0 Å². The summed E-state index contributed by atoms with van der Waals surface area (Å²) in [6.45, 7) is 5.30. The van der Waals surface area contributed by atoms with Crippen LogP contribution >= 0.6 is 27.3 Å². The van der Waals surface area contributed by atoms with Gasteiger partial charge < -0.3 is 5.32 Å². The first-order valence-corrected chi connectivity index (χ1v) is 7.98. The van der Waals surface area contributed by atoms with Crippen molar-refractivity contribution in [1.82, 2.24) is 5.32 Å². The molecule has 1 unspecified atom stereocenters. The number of rotatable bonds is 5. The summed E-state index contributed by atoms with van der Waals surface area (Å²) in [5, 5.41) is 5.77. The number of benzene rings is 1. The zero-order chi connectivity index (χ0) is 13.0. The van der Waals surface area contributed by atoms with E-state index in [2.05, 4.69) is 70.8 Å². The third-order valence-corrected chi connectivity index (χ3v) is 4.57. The molecule has 2 aromatic rings. The first-order valence-electron chi connectivity index (χ1n) is 6.30. The van der Waals surface area contributed by atoms with Crippen LogP contribution in [0.15, 0.2) is 39.5 Å². The average molecular weight is 324 g/mol. The molecule has 0 fully saturated rings. The third-order valence-electron chi connectivity index (χ3n) is 3.05. The quantitative estimate of drug-likeness (QED) is 0.835. The molecule has 2 rings (SSSR count). The van der Waals surface area contributed by atoms with E-state index in [-0.39, 0.29) is 0 Å². The van der Waals surface area contributed by atoms with Crippen LogP contribution < -0.4 is 5.32 Å². The van der Waals surface area contributed by atoms with Crippen LogP contribution in [0.2, 0.25) is 0 Å². The highest BCUT2D eigenvalue weighted by atomic mass is 79.9. The van der Waals surface area contributed by atoms with Gasteiger partial charge in [0, 0.05) is 0 Å². The fourth-order valence-electron chi connectivity index (χ4n) is 2.05. The molecule has 96 valence electrons. The van der Waals surface area contributed by atoms with Crippen LogP contribution in [0.3, 0.4) is 0 Å². The molecule has 1 aromatic heterocycles. The molecule has 0 saturated carbocycles. The van der Waals surface area contributed by atoms with E-state index in [1.165, 1.54) is 20.5 Å². The third kappa shape index (κ3) is 3.22. The highest BCUT2D eigenvalue weighted by Crippen LogP contribution is 2.29. The van der Waals surface area contributed by atoms with Crippen molar-refractivity contribution in [1.29, 1.82) is 0 Å². The Balaban J connectivity index is 2.28. The molecule has 0 aliphatic rings. The van der Waals surface area contributed by atoms with Gasteiger partial charge in [-0.2, -0.15) is 0 Å². The van der Waals surface area contributed by atoms with Gasteiger partial charge in [0.2, 0.25) is 0 Å². The van der Waals surface area contributed by atoms with Crippen LogP contribution in [0.4, 0.5) is 0 Å². The lowest BCUT2D eigenvalue weighted by Gasteiger charge is -2.17. The van der Waals surface area contributed by atoms with Gasteiger partial charge in [0.1, 0.15) is 0 Å².